The Labute approximate surface area is 258 Å². The van der Waals surface area contributed by atoms with Crippen LogP contribution in [0, 0.1) is 0 Å². The monoisotopic (exact) mass is 624 g/mol. The Balaban J connectivity index is 0.000000162. The van der Waals surface area contributed by atoms with Gasteiger partial charge in [-0.1, -0.05) is 92.2 Å². The van der Waals surface area contributed by atoms with E-state index in [0.717, 1.165) is 32.9 Å². The predicted molar refractivity (Wildman–Crippen MR) is 174 cm³/mol. The number of hydrogen-bond donors (Lipinski definition) is 0. The Hall–Kier alpha value is -3.06. The minimum Gasteiger partial charge on any atom is -0.457 e. The topological polar surface area (TPSA) is 36.9 Å². The third-order valence-electron chi connectivity index (χ3n) is 9.38. The third kappa shape index (κ3) is 4.78. The van der Waals surface area contributed by atoms with E-state index in [2.05, 4.69) is 108 Å². The highest BCUT2D eigenvalue weighted by Gasteiger charge is 2.52. The molecule has 4 nitrogen and oxygen atoms in total. The van der Waals surface area contributed by atoms with Gasteiger partial charge in [0, 0.05) is 37.6 Å². The van der Waals surface area contributed by atoms with Crippen LogP contribution in [-0.2, 0) is 20.1 Å². The maximum absolute atomic E-state index is 6.22. The first-order chi connectivity index (χ1) is 19.7. The lowest BCUT2D eigenvalue weighted by Gasteiger charge is -2.34. The second kappa shape index (κ2) is 10.0. The number of rotatable bonds is 1. The van der Waals surface area contributed by atoms with Crippen molar-refractivity contribution in [2.75, 3.05) is 0 Å². The average molecular weight is 625 g/mol. The van der Waals surface area contributed by atoms with Gasteiger partial charge in [-0.3, -0.25) is 0 Å². The van der Waals surface area contributed by atoms with Gasteiger partial charge in [0.05, 0.1) is 11.2 Å². The zero-order valence-electron chi connectivity index (χ0n) is 25.7. The summed E-state index contributed by atoms with van der Waals surface area (Å²) in [5, 5.41) is 0. The summed E-state index contributed by atoms with van der Waals surface area (Å²) in [5.41, 5.74) is 5.03. The first kappa shape index (κ1) is 29.0. The SMILES string of the molecule is CC1(C)c2ccccc2Oc2ccc(B3OC(C)(C)C(C)(C)O3)cc21.CC1(C)c2ccccc2Oc2ccc(Br)cc21. The molecule has 3 heterocycles. The smallest absolute Gasteiger partial charge is 0.457 e. The number of benzene rings is 4. The van der Waals surface area contributed by atoms with E-state index in [1.54, 1.807) is 0 Å². The summed E-state index contributed by atoms with van der Waals surface area (Å²) in [7, 11) is -0.358. The van der Waals surface area contributed by atoms with Gasteiger partial charge in [0.25, 0.3) is 0 Å². The van der Waals surface area contributed by atoms with Gasteiger partial charge in [-0.05, 0) is 69.6 Å². The van der Waals surface area contributed by atoms with E-state index >= 15 is 0 Å². The Bertz CT molecular complexity index is 1660. The van der Waals surface area contributed by atoms with Crippen molar-refractivity contribution >= 4 is 28.5 Å². The lowest BCUT2D eigenvalue weighted by molar-refractivity contribution is 0.00578. The quantitative estimate of drug-likeness (QED) is 0.198. The van der Waals surface area contributed by atoms with Crippen molar-refractivity contribution < 1.29 is 18.8 Å². The van der Waals surface area contributed by atoms with Crippen molar-refractivity contribution in [1.82, 2.24) is 0 Å². The molecular weight excluding hydrogens is 587 g/mol. The van der Waals surface area contributed by atoms with Gasteiger partial charge in [-0.15, -0.1) is 0 Å². The molecule has 0 atom stereocenters. The highest BCUT2D eigenvalue weighted by molar-refractivity contribution is 9.10. The molecule has 1 fully saturated rings. The van der Waals surface area contributed by atoms with E-state index in [-0.39, 0.29) is 29.2 Å². The summed E-state index contributed by atoms with van der Waals surface area (Å²) in [6.07, 6.45) is 0. The fraction of sp³-hybridized carbons (Fsp3) is 0.333. The van der Waals surface area contributed by atoms with Gasteiger partial charge in [0.15, 0.2) is 0 Å². The second-order valence-electron chi connectivity index (χ2n) is 13.4. The largest absolute Gasteiger partial charge is 0.494 e. The lowest BCUT2D eigenvalue weighted by Crippen LogP contribution is -2.41. The van der Waals surface area contributed by atoms with Crippen LogP contribution in [0.2, 0.25) is 0 Å². The molecule has 0 amide bonds. The van der Waals surface area contributed by atoms with Crippen LogP contribution in [0.25, 0.3) is 0 Å². The van der Waals surface area contributed by atoms with E-state index in [1.807, 2.05) is 48.5 Å². The van der Waals surface area contributed by atoms with Crippen LogP contribution in [0.4, 0.5) is 0 Å². The summed E-state index contributed by atoms with van der Waals surface area (Å²) >= 11 is 3.53. The molecule has 0 radical (unpaired) electrons. The molecule has 0 unspecified atom stereocenters. The molecule has 42 heavy (non-hydrogen) atoms. The van der Waals surface area contributed by atoms with E-state index in [4.69, 9.17) is 18.8 Å². The number of halogens is 1. The van der Waals surface area contributed by atoms with Crippen molar-refractivity contribution in [3.63, 3.8) is 0 Å². The Morgan fingerprint density at radius 3 is 1.45 bits per heavy atom. The van der Waals surface area contributed by atoms with Crippen LogP contribution in [0.1, 0.15) is 77.6 Å². The van der Waals surface area contributed by atoms with Gasteiger partial charge < -0.3 is 18.8 Å². The summed E-state index contributed by atoms with van der Waals surface area (Å²) in [4.78, 5) is 0. The highest BCUT2D eigenvalue weighted by atomic mass is 79.9. The highest BCUT2D eigenvalue weighted by Crippen LogP contribution is 2.49. The molecule has 0 spiro atoms. The number of para-hydroxylation sites is 2. The van der Waals surface area contributed by atoms with E-state index in [1.165, 1.54) is 22.3 Å². The summed E-state index contributed by atoms with van der Waals surface area (Å²) in [6, 6.07) is 28.9. The standard InChI is InChI=1S/C21H25BO3.C15H13BrO/c1-19(2)15-9-7-8-10-17(15)23-18-12-11-14(13-16(18)19)22-24-20(3,4)21(5,6)25-22;1-15(2)11-5-3-4-6-13(11)17-14-8-7-10(16)9-12(14)15/h7-13H,1-6H3;3-9H,1-2H3. The molecule has 6 heteroatoms. The van der Waals surface area contributed by atoms with Crippen molar-refractivity contribution in [2.45, 2.75) is 77.4 Å². The van der Waals surface area contributed by atoms with Gasteiger partial charge >= 0.3 is 7.12 Å². The fourth-order valence-electron chi connectivity index (χ4n) is 6.00. The summed E-state index contributed by atoms with van der Waals surface area (Å²) in [6.45, 7) is 17.3. The van der Waals surface area contributed by atoms with Crippen molar-refractivity contribution in [3.8, 4) is 23.0 Å². The van der Waals surface area contributed by atoms with E-state index in [0.29, 0.717) is 0 Å². The Kier molecular flexibility index (Phi) is 6.92. The van der Waals surface area contributed by atoms with Crippen LogP contribution >= 0.6 is 15.9 Å². The maximum Gasteiger partial charge on any atom is 0.494 e. The molecule has 0 aromatic heterocycles. The fourth-order valence-corrected chi connectivity index (χ4v) is 6.36. The molecule has 1 saturated heterocycles. The third-order valence-corrected chi connectivity index (χ3v) is 9.87. The summed E-state index contributed by atoms with van der Waals surface area (Å²) in [5.74, 6) is 3.76. The lowest BCUT2D eigenvalue weighted by atomic mass is 9.71. The minimum absolute atomic E-state index is 0.0199. The van der Waals surface area contributed by atoms with Gasteiger partial charge in [0.2, 0.25) is 0 Å². The van der Waals surface area contributed by atoms with Crippen LogP contribution in [-0.4, -0.2) is 18.3 Å². The molecule has 0 bridgehead atoms. The van der Waals surface area contributed by atoms with Crippen molar-refractivity contribution in [2.24, 2.45) is 0 Å². The van der Waals surface area contributed by atoms with Gasteiger partial charge in [0.1, 0.15) is 23.0 Å². The molecule has 7 rings (SSSR count). The molecule has 216 valence electrons. The van der Waals surface area contributed by atoms with Crippen LogP contribution in [0.15, 0.2) is 89.4 Å². The molecule has 0 aliphatic carbocycles. The van der Waals surface area contributed by atoms with Crippen molar-refractivity contribution in [1.29, 1.82) is 0 Å². The number of hydrogen-bond acceptors (Lipinski definition) is 4. The molecule has 4 aromatic carbocycles. The maximum atomic E-state index is 6.22. The summed E-state index contributed by atoms with van der Waals surface area (Å²) < 4.78 is 25.6. The number of ether oxygens (including phenoxy) is 2. The molecule has 4 aromatic rings. The first-order valence-electron chi connectivity index (χ1n) is 14.6. The Morgan fingerprint density at radius 1 is 0.500 bits per heavy atom. The number of fused-ring (bicyclic) bond motifs is 4. The first-order valence-corrected chi connectivity index (χ1v) is 15.3. The molecule has 3 aliphatic heterocycles. The van der Waals surface area contributed by atoms with Crippen molar-refractivity contribution in [3.05, 3.63) is 112 Å². The minimum atomic E-state index is -0.358. The average Bonchev–Trinajstić information content (AvgIpc) is 3.16. The molecule has 3 aliphatic rings. The molecule has 0 saturated carbocycles. The normalized spacial score (nSPS) is 19.5. The second-order valence-corrected chi connectivity index (χ2v) is 14.3. The zero-order chi connectivity index (χ0) is 30.1. The van der Waals surface area contributed by atoms with Gasteiger partial charge in [-0.25, -0.2) is 0 Å². The van der Waals surface area contributed by atoms with Crippen LogP contribution < -0.4 is 14.9 Å². The van der Waals surface area contributed by atoms with E-state index in [9.17, 15) is 0 Å². The van der Waals surface area contributed by atoms with Crippen LogP contribution in [0.5, 0.6) is 23.0 Å². The predicted octanol–water partition coefficient (Wildman–Crippen LogP) is 9.30. The Morgan fingerprint density at radius 2 is 0.929 bits per heavy atom. The van der Waals surface area contributed by atoms with Gasteiger partial charge in [-0.2, -0.15) is 0 Å². The van der Waals surface area contributed by atoms with E-state index < -0.39 is 0 Å². The van der Waals surface area contributed by atoms with Crippen LogP contribution in [0.3, 0.4) is 0 Å². The molecule has 0 N–H and O–H groups in total. The zero-order valence-corrected chi connectivity index (χ0v) is 27.3. The molecular formula is C36H38BBrO4.